The van der Waals surface area contributed by atoms with Gasteiger partial charge < -0.3 is 10.0 Å². The van der Waals surface area contributed by atoms with Crippen LogP contribution in [-0.4, -0.2) is 84.3 Å². The van der Waals surface area contributed by atoms with Gasteiger partial charge in [0.05, 0.1) is 0 Å². The van der Waals surface area contributed by atoms with Crippen molar-refractivity contribution < 1.29 is 5.11 Å². The molecule has 2 heterocycles. The Kier molecular flexibility index (Phi) is 8.59. The lowest BCUT2D eigenvalue weighted by Crippen LogP contribution is -2.57. The second-order valence-electron chi connectivity index (χ2n) is 8.36. The lowest BCUT2D eigenvalue weighted by molar-refractivity contribution is 0.0165. The fraction of sp³-hybridized carbons (Fsp3) is 0.739. The SMILES string of the molecule is CCCN1CCC(N2CCN(CCCc3ccccc3)[C@@H](CCO)C2)CC1. The van der Waals surface area contributed by atoms with Gasteiger partial charge in [0.15, 0.2) is 0 Å². The van der Waals surface area contributed by atoms with E-state index in [1.165, 1.54) is 57.4 Å². The summed E-state index contributed by atoms with van der Waals surface area (Å²) in [6.07, 6.45) is 7.19. The van der Waals surface area contributed by atoms with Gasteiger partial charge in [-0.15, -0.1) is 0 Å². The predicted octanol–water partition coefficient (Wildman–Crippen LogP) is 2.86. The number of aryl methyl sites for hydroxylation is 1. The van der Waals surface area contributed by atoms with E-state index in [1.807, 2.05) is 0 Å². The zero-order valence-electron chi connectivity index (χ0n) is 17.2. The standard InChI is InChI=1S/C23H39N3O/c1-2-13-24-15-10-22(11-16-24)26-18-17-25(23(20-26)12-19-27)14-6-9-21-7-4-3-5-8-21/h3-5,7-8,22-23,27H,2,6,9-20H2,1H3/t23-/m0/s1. The van der Waals surface area contributed by atoms with Crippen molar-refractivity contribution in [2.24, 2.45) is 0 Å². The van der Waals surface area contributed by atoms with E-state index in [4.69, 9.17) is 0 Å². The lowest BCUT2D eigenvalue weighted by atomic mass is 9.99. The average molecular weight is 374 g/mol. The summed E-state index contributed by atoms with van der Waals surface area (Å²) in [6, 6.07) is 12.1. The number of rotatable bonds is 9. The second kappa shape index (κ2) is 11.2. The van der Waals surface area contributed by atoms with Crippen LogP contribution in [0.15, 0.2) is 30.3 Å². The largest absolute Gasteiger partial charge is 0.396 e. The van der Waals surface area contributed by atoms with Crippen LogP contribution in [0.3, 0.4) is 0 Å². The van der Waals surface area contributed by atoms with Gasteiger partial charge in [0, 0.05) is 38.3 Å². The Balaban J connectivity index is 1.45. The Bertz CT molecular complexity index is 516. The number of nitrogens with zero attached hydrogens (tertiary/aromatic N) is 3. The number of likely N-dealkylation sites (tertiary alicyclic amines) is 1. The normalized spacial score (nSPS) is 23.7. The molecule has 0 spiro atoms. The summed E-state index contributed by atoms with van der Waals surface area (Å²) in [5, 5.41) is 9.58. The summed E-state index contributed by atoms with van der Waals surface area (Å²) < 4.78 is 0. The Labute approximate surface area is 166 Å². The quantitative estimate of drug-likeness (QED) is 0.721. The minimum absolute atomic E-state index is 0.308. The molecule has 4 nitrogen and oxygen atoms in total. The highest BCUT2D eigenvalue weighted by molar-refractivity contribution is 5.14. The van der Waals surface area contributed by atoms with Crippen LogP contribution in [0, 0.1) is 0 Å². The number of aliphatic hydroxyl groups excluding tert-OH is 1. The highest BCUT2D eigenvalue weighted by Gasteiger charge is 2.31. The molecule has 1 aromatic rings. The van der Waals surface area contributed by atoms with E-state index in [-0.39, 0.29) is 0 Å². The minimum atomic E-state index is 0.308. The Morgan fingerprint density at radius 2 is 1.78 bits per heavy atom. The molecule has 1 N–H and O–H groups in total. The molecule has 0 amide bonds. The summed E-state index contributed by atoms with van der Waals surface area (Å²) >= 11 is 0. The van der Waals surface area contributed by atoms with Gasteiger partial charge in [-0.1, -0.05) is 37.3 Å². The molecule has 4 heteroatoms. The van der Waals surface area contributed by atoms with E-state index in [0.29, 0.717) is 12.6 Å². The van der Waals surface area contributed by atoms with Crippen molar-refractivity contribution >= 4 is 0 Å². The van der Waals surface area contributed by atoms with E-state index < -0.39 is 0 Å². The van der Waals surface area contributed by atoms with Crippen LogP contribution in [0.5, 0.6) is 0 Å². The van der Waals surface area contributed by atoms with Crippen molar-refractivity contribution in [2.75, 3.05) is 52.4 Å². The molecule has 27 heavy (non-hydrogen) atoms. The molecule has 152 valence electrons. The predicted molar refractivity (Wildman–Crippen MR) is 113 cm³/mol. The molecular formula is C23H39N3O. The maximum atomic E-state index is 9.58. The van der Waals surface area contributed by atoms with Gasteiger partial charge >= 0.3 is 0 Å². The highest BCUT2D eigenvalue weighted by atomic mass is 16.3. The van der Waals surface area contributed by atoms with Gasteiger partial charge in [0.25, 0.3) is 0 Å². The Morgan fingerprint density at radius 3 is 2.48 bits per heavy atom. The van der Waals surface area contributed by atoms with E-state index in [0.717, 1.165) is 38.5 Å². The van der Waals surface area contributed by atoms with Crippen molar-refractivity contribution in [3.8, 4) is 0 Å². The number of piperidine rings is 1. The second-order valence-corrected chi connectivity index (χ2v) is 8.36. The molecular weight excluding hydrogens is 334 g/mol. The van der Waals surface area contributed by atoms with E-state index in [1.54, 1.807) is 0 Å². The van der Waals surface area contributed by atoms with Crippen LogP contribution < -0.4 is 0 Å². The van der Waals surface area contributed by atoms with Gasteiger partial charge in [-0.05, 0) is 70.3 Å². The molecule has 2 aliphatic rings. The first-order valence-electron chi connectivity index (χ1n) is 11.2. The van der Waals surface area contributed by atoms with Crippen molar-refractivity contribution in [3.63, 3.8) is 0 Å². The molecule has 2 aliphatic heterocycles. The number of benzene rings is 1. The number of piperazine rings is 1. The third kappa shape index (κ3) is 6.28. The van der Waals surface area contributed by atoms with Crippen molar-refractivity contribution in [1.29, 1.82) is 0 Å². The summed E-state index contributed by atoms with van der Waals surface area (Å²) in [5.41, 5.74) is 1.44. The molecule has 0 unspecified atom stereocenters. The fourth-order valence-electron chi connectivity index (χ4n) is 4.92. The number of aliphatic hydroxyl groups is 1. The van der Waals surface area contributed by atoms with Crippen LogP contribution in [0.25, 0.3) is 0 Å². The maximum absolute atomic E-state index is 9.58. The smallest absolute Gasteiger partial charge is 0.0446 e. The van der Waals surface area contributed by atoms with E-state index in [9.17, 15) is 5.11 Å². The maximum Gasteiger partial charge on any atom is 0.0446 e. The third-order valence-corrected chi connectivity index (χ3v) is 6.47. The first-order chi connectivity index (χ1) is 13.3. The van der Waals surface area contributed by atoms with Crippen LogP contribution in [0.1, 0.15) is 44.6 Å². The average Bonchev–Trinajstić information content (AvgIpc) is 2.71. The summed E-state index contributed by atoms with van der Waals surface area (Å²) in [7, 11) is 0. The Morgan fingerprint density at radius 1 is 1.00 bits per heavy atom. The lowest BCUT2D eigenvalue weighted by Gasteiger charge is -2.46. The molecule has 0 bridgehead atoms. The molecule has 0 radical (unpaired) electrons. The molecule has 2 saturated heterocycles. The van der Waals surface area contributed by atoms with Gasteiger partial charge in [0.2, 0.25) is 0 Å². The molecule has 0 saturated carbocycles. The van der Waals surface area contributed by atoms with Crippen LogP contribution >= 0.6 is 0 Å². The third-order valence-electron chi connectivity index (χ3n) is 6.47. The number of hydrogen-bond acceptors (Lipinski definition) is 4. The van der Waals surface area contributed by atoms with Crippen LogP contribution in [0.2, 0.25) is 0 Å². The van der Waals surface area contributed by atoms with Gasteiger partial charge in [-0.25, -0.2) is 0 Å². The van der Waals surface area contributed by atoms with Gasteiger partial charge in [0.1, 0.15) is 0 Å². The topological polar surface area (TPSA) is 30.0 Å². The van der Waals surface area contributed by atoms with Crippen molar-refractivity contribution in [3.05, 3.63) is 35.9 Å². The summed E-state index contributed by atoms with van der Waals surface area (Å²) in [6.45, 7) is 11.0. The number of hydrogen-bond donors (Lipinski definition) is 1. The van der Waals surface area contributed by atoms with Crippen molar-refractivity contribution in [2.45, 2.75) is 57.5 Å². The molecule has 0 aliphatic carbocycles. The van der Waals surface area contributed by atoms with E-state index in [2.05, 4.69) is 52.0 Å². The molecule has 1 aromatic carbocycles. The zero-order valence-corrected chi connectivity index (χ0v) is 17.2. The summed E-state index contributed by atoms with van der Waals surface area (Å²) in [5.74, 6) is 0. The van der Waals surface area contributed by atoms with E-state index >= 15 is 0 Å². The fourth-order valence-corrected chi connectivity index (χ4v) is 4.92. The van der Waals surface area contributed by atoms with Crippen molar-refractivity contribution in [1.82, 2.24) is 14.7 Å². The summed E-state index contributed by atoms with van der Waals surface area (Å²) in [4.78, 5) is 8.00. The molecule has 2 fully saturated rings. The first-order valence-corrected chi connectivity index (χ1v) is 11.2. The first kappa shape index (κ1) is 20.8. The molecule has 1 atom stereocenters. The van der Waals surface area contributed by atoms with Gasteiger partial charge in [-0.2, -0.15) is 0 Å². The monoisotopic (exact) mass is 373 g/mol. The van der Waals surface area contributed by atoms with Crippen LogP contribution in [0.4, 0.5) is 0 Å². The Hall–Kier alpha value is -0.940. The zero-order chi connectivity index (χ0) is 18.9. The minimum Gasteiger partial charge on any atom is -0.396 e. The van der Waals surface area contributed by atoms with Gasteiger partial charge in [-0.3, -0.25) is 9.80 Å². The highest BCUT2D eigenvalue weighted by Crippen LogP contribution is 2.22. The molecule has 0 aromatic heterocycles. The van der Waals surface area contributed by atoms with Crippen LogP contribution in [-0.2, 0) is 6.42 Å². The molecule has 3 rings (SSSR count).